The maximum absolute atomic E-state index is 13.2. The summed E-state index contributed by atoms with van der Waals surface area (Å²) in [6.45, 7) is 2.37. The van der Waals surface area contributed by atoms with E-state index in [1.54, 1.807) is 41.3 Å². The lowest BCUT2D eigenvalue weighted by atomic mass is 10.1. The van der Waals surface area contributed by atoms with E-state index in [4.69, 9.17) is 16.6 Å². The zero-order valence-corrected chi connectivity index (χ0v) is 20.1. The Hall–Kier alpha value is -3.16. The van der Waals surface area contributed by atoms with Crippen molar-refractivity contribution in [3.8, 4) is 0 Å². The lowest BCUT2D eigenvalue weighted by Crippen LogP contribution is -2.46. The number of carbonyl (C=O) groups excluding carboxylic acids is 2. The van der Waals surface area contributed by atoms with Crippen LogP contribution in [0.25, 0.3) is 0 Å². The number of nitrogens with one attached hydrogen (secondary N) is 1. The number of halogens is 2. The summed E-state index contributed by atoms with van der Waals surface area (Å²) in [6, 6.07) is 20.7. The smallest absolute Gasteiger partial charge is 0.238 e. The molecule has 1 N–H and O–H groups in total. The summed E-state index contributed by atoms with van der Waals surface area (Å²) in [4.78, 5) is 32.4. The van der Waals surface area contributed by atoms with Crippen LogP contribution in [0.2, 0.25) is 5.02 Å². The highest BCUT2D eigenvalue weighted by molar-refractivity contribution is 8.15. The average Bonchev–Trinajstić information content (AvgIpc) is 2.81. The number of hydrogen-bond acceptors (Lipinski definition) is 4. The summed E-state index contributed by atoms with van der Waals surface area (Å²) in [7, 11) is 0. The van der Waals surface area contributed by atoms with Crippen molar-refractivity contribution in [1.82, 2.24) is 4.90 Å². The molecule has 1 heterocycles. The molecule has 0 aromatic heterocycles. The normalized spacial score (nSPS) is 17.1. The largest absolute Gasteiger partial charge is 0.325 e. The molecule has 1 unspecified atom stereocenters. The molecule has 0 bridgehead atoms. The zero-order chi connectivity index (χ0) is 24.1. The molecular weight excluding hydrogens is 473 g/mol. The van der Waals surface area contributed by atoms with Gasteiger partial charge in [-0.3, -0.25) is 14.5 Å². The van der Waals surface area contributed by atoms with Gasteiger partial charge in [-0.15, -0.1) is 0 Å². The summed E-state index contributed by atoms with van der Waals surface area (Å²) < 4.78 is 13.2. The Bertz CT molecular complexity index is 1220. The van der Waals surface area contributed by atoms with Crippen molar-refractivity contribution in [3.63, 3.8) is 0 Å². The van der Waals surface area contributed by atoms with Crippen LogP contribution in [-0.2, 0) is 16.0 Å². The van der Waals surface area contributed by atoms with Crippen molar-refractivity contribution in [2.45, 2.75) is 25.0 Å². The number of rotatable bonds is 6. The minimum Gasteiger partial charge on any atom is -0.325 e. The number of aliphatic imine (C=N–C) groups is 1. The molecule has 1 fully saturated rings. The number of thioether (sulfide) groups is 1. The van der Waals surface area contributed by atoms with Crippen LogP contribution in [0.3, 0.4) is 0 Å². The molecule has 34 heavy (non-hydrogen) atoms. The van der Waals surface area contributed by atoms with Crippen molar-refractivity contribution in [3.05, 3.63) is 94.8 Å². The number of hydrogen-bond donors (Lipinski definition) is 1. The molecular formula is C26H23ClFN3O2S. The van der Waals surface area contributed by atoms with E-state index in [1.807, 2.05) is 31.2 Å². The quantitative estimate of drug-likeness (QED) is 0.457. The van der Waals surface area contributed by atoms with E-state index >= 15 is 0 Å². The number of carbonyl (C=O) groups is 2. The van der Waals surface area contributed by atoms with Crippen LogP contribution in [0, 0.1) is 12.7 Å². The molecule has 1 aliphatic heterocycles. The van der Waals surface area contributed by atoms with Crippen LogP contribution in [0.5, 0.6) is 0 Å². The molecule has 0 saturated carbocycles. The van der Waals surface area contributed by atoms with Crippen LogP contribution in [0.1, 0.15) is 17.5 Å². The molecule has 8 heteroatoms. The number of aryl methyl sites for hydroxylation is 1. The van der Waals surface area contributed by atoms with Gasteiger partial charge in [0.2, 0.25) is 11.8 Å². The first-order valence-corrected chi connectivity index (χ1v) is 12.1. The summed E-state index contributed by atoms with van der Waals surface area (Å²) in [5.74, 6) is -0.767. The Morgan fingerprint density at radius 3 is 2.59 bits per heavy atom. The van der Waals surface area contributed by atoms with Crippen LogP contribution in [-0.4, -0.2) is 33.7 Å². The van der Waals surface area contributed by atoms with E-state index in [2.05, 4.69) is 5.32 Å². The van der Waals surface area contributed by atoms with Gasteiger partial charge in [-0.25, -0.2) is 9.38 Å². The highest BCUT2D eigenvalue weighted by Crippen LogP contribution is 2.30. The Balaban J connectivity index is 1.55. The molecule has 0 radical (unpaired) electrons. The minimum atomic E-state index is -0.627. The molecule has 0 spiro atoms. The third-order valence-electron chi connectivity index (χ3n) is 5.32. The van der Waals surface area contributed by atoms with Gasteiger partial charge in [0.1, 0.15) is 11.1 Å². The molecule has 0 aliphatic carbocycles. The SMILES string of the molecule is Cc1ccc(N=C2SC(C(=O)Nc3cccc(Cl)c3)CC(=O)N2CCc2ccc(F)cc2)cc1. The predicted molar refractivity (Wildman–Crippen MR) is 136 cm³/mol. The molecule has 4 rings (SSSR count). The van der Waals surface area contributed by atoms with Gasteiger partial charge in [-0.05, 0) is 61.4 Å². The molecule has 5 nitrogen and oxygen atoms in total. The van der Waals surface area contributed by atoms with E-state index in [0.717, 1.165) is 11.1 Å². The van der Waals surface area contributed by atoms with Crippen LogP contribution in [0.4, 0.5) is 15.8 Å². The lowest BCUT2D eigenvalue weighted by molar-refractivity contribution is -0.129. The Labute approximate surface area is 207 Å². The second-order valence-electron chi connectivity index (χ2n) is 7.96. The Kier molecular flexibility index (Phi) is 7.65. The summed E-state index contributed by atoms with van der Waals surface area (Å²) in [5.41, 5.74) is 3.28. The van der Waals surface area contributed by atoms with Gasteiger partial charge in [0.05, 0.1) is 5.69 Å². The van der Waals surface area contributed by atoms with E-state index in [9.17, 15) is 14.0 Å². The maximum Gasteiger partial charge on any atom is 0.238 e. The van der Waals surface area contributed by atoms with E-state index < -0.39 is 5.25 Å². The predicted octanol–water partition coefficient (Wildman–Crippen LogP) is 5.99. The number of nitrogens with zero attached hydrogens (tertiary/aromatic N) is 2. The average molecular weight is 496 g/mol. The van der Waals surface area contributed by atoms with Crippen molar-refractivity contribution in [2.24, 2.45) is 4.99 Å². The van der Waals surface area contributed by atoms with Crippen molar-refractivity contribution < 1.29 is 14.0 Å². The zero-order valence-electron chi connectivity index (χ0n) is 18.5. The minimum absolute atomic E-state index is 0.0490. The maximum atomic E-state index is 13.2. The third kappa shape index (κ3) is 6.24. The van der Waals surface area contributed by atoms with E-state index in [0.29, 0.717) is 34.5 Å². The van der Waals surface area contributed by atoms with Gasteiger partial charge < -0.3 is 5.32 Å². The van der Waals surface area contributed by atoms with Gasteiger partial charge in [-0.1, -0.05) is 59.3 Å². The Morgan fingerprint density at radius 2 is 1.88 bits per heavy atom. The molecule has 3 aromatic carbocycles. The van der Waals surface area contributed by atoms with Gasteiger partial charge >= 0.3 is 0 Å². The van der Waals surface area contributed by atoms with Gasteiger partial charge in [0.15, 0.2) is 5.17 Å². The highest BCUT2D eigenvalue weighted by Gasteiger charge is 2.35. The van der Waals surface area contributed by atoms with E-state index in [1.165, 1.54) is 23.9 Å². The summed E-state index contributed by atoms with van der Waals surface area (Å²) in [5, 5.41) is 3.19. The molecule has 1 aliphatic rings. The number of anilines is 1. The second-order valence-corrected chi connectivity index (χ2v) is 9.57. The fourth-order valence-corrected chi connectivity index (χ4v) is 4.79. The summed E-state index contributed by atoms with van der Waals surface area (Å²) >= 11 is 7.28. The Morgan fingerprint density at radius 1 is 1.15 bits per heavy atom. The monoisotopic (exact) mass is 495 g/mol. The van der Waals surface area contributed by atoms with Crippen molar-refractivity contribution in [2.75, 3.05) is 11.9 Å². The number of benzene rings is 3. The first-order chi connectivity index (χ1) is 16.4. The fourth-order valence-electron chi connectivity index (χ4n) is 3.47. The second kappa shape index (κ2) is 10.8. The van der Waals surface area contributed by atoms with Crippen molar-refractivity contribution in [1.29, 1.82) is 0 Å². The van der Waals surface area contributed by atoms with Crippen LogP contribution in [0.15, 0.2) is 77.8 Å². The van der Waals surface area contributed by atoms with Gasteiger partial charge in [-0.2, -0.15) is 0 Å². The number of amidine groups is 1. The highest BCUT2D eigenvalue weighted by atomic mass is 35.5. The molecule has 2 amide bonds. The van der Waals surface area contributed by atoms with E-state index in [-0.39, 0.29) is 24.1 Å². The van der Waals surface area contributed by atoms with Crippen LogP contribution < -0.4 is 5.32 Å². The first kappa shape index (κ1) is 24.0. The topological polar surface area (TPSA) is 61.8 Å². The lowest BCUT2D eigenvalue weighted by Gasteiger charge is -2.32. The van der Waals surface area contributed by atoms with Crippen molar-refractivity contribution >= 4 is 51.7 Å². The fraction of sp³-hybridized carbons (Fsp3) is 0.192. The van der Waals surface area contributed by atoms with Gasteiger partial charge in [0, 0.05) is 23.7 Å². The first-order valence-electron chi connectivity index (χ1n) is 10.8. The number of amides is 2. The summed E-state index contributed by atoms with van der Waals surface area (Å²) in [6.07, 6.45) is 0.590. The molecule has 1 atom stereocenters. The molecule has 1 saturated heterocycles. The third-order valence-corrected chi connectivity index (χ3v) is 6.74. The molecule has 174 valence electrons. The molecule has 3 aromatic rings. The van der Waals surface area contributed by atoms with Gasteiger partial charge in [0.25, 0.3) is 0 Å². The van der Waals surface area contributed by atoms with Crippen LogP contribution >= 0.6 is 23.4 Å². The standard InChI is InChI=1S/C26H23ClFN3O2S/c1-17-5-11-21(12-6-17)30-26-31(14-13-18-7-9-20(28)10-8-18)24(32)16-23(34-26)25(33)29-22-4-2-3-19(27)15-22/h2-12,15,23H,13-14,16H2,1H3,(H,29,33).